The van der Waals surface area contributed by atoms with Gasteiger partial charge in [-0.1, -0.05) is 16.9 Å². The second kappa shape index (κ2) is 6.63. The molecule has 1 aliphatic carbocycles. The minimum absolute atomic E-state index is 0.262. The number of nitrogens with zero attached hydrogens (tertiary/aromatic N) is 4. The molecule has 0 aliphatic heterocycles. The SMILES string of the molecule is CCn1c(SCc2noc(-c3ccc(F)cc3)c2C)nnc1C1CC1. The molecule has 3 aromatic rings. The lowest BCUT2D eigenvalue weighted by Gasteiger charge is -2.05. The third-order valence-corrected chi connectivity index (χ3v) is 5.45. The Morgan fingerprint density at radius 1 is 1.24 bits per heavy atom. The van der Waals surface area contributed by atoms with Gasteiger partial charge in [-0.05, 0) is 51.0 Å². The highest BCUT2D eigenvalue weighted by Crippen LogP contribution is 2.40. The Labute approximate surface area is 149 Å². The lowest BCUT2D eigenvalue weighted by molar-refractivity contribution is 0.426. The molecule has 0 radical (unpaired) electrons. The van der Waals surface area contributed by atoms with E-state index in [1.807, 2.05) is 6.92 Å². The van der Waals surface area contributed by atoms with E-state index in [1.54, 1.807) is 23.9 Å². The Balaban J connectivity index is 1.51. The number of aromatic nitrogens is 4. The predicted molar refractivity (Wildman–Crippen MR) is 93.9 cm³/mol. The van der Waals surface area contributed by atoms with Crippen molar-refractivity contribution in [2.45, 2.75) is 50.1 Å². The van der Waals surface area contributed by atoms with Gasteiger partial charge in [0.05, 0.1) is 5.69 Å². The maximum atomic E-state index is 13.1. The number of halogens is 1. The highest BCUT2D eigenvalue weighted by atomic mass is 32.2. The molecule has 130 valence electrons. The van der Waals surface area contributed by atoms with E-state index >= 15 is 0 Å². The highest BCUT2D eigenvalue weighted by Gasteiger charge is 2.30. The number of benzene rings is 1. The van der Waals surface area contributed by atoms with Crippen LogP contribution in [0.3, 0.4) is 0 Å². The maximum Gasteiger partial charge on any atom is 0.191 e. The van der Waals surface area contributed by atoms with Gasteiger partial charge in [0.15, 0.2) is 10.9 Å². The van der Waals surface area contributed by atoms with Crippen LogP contribution in [0.4, 0.5) is 4.39 Å². The highest BCUT2D eigenvalue weighted by molar-refractivity contribution is 7.98. The zero-order chi connectivity index (χ0) is 17.4. The first-order valence-electron chi connectivity index (χ1n) is 8.44. The number of hydrogen-bond donors (Lipinski definition) is 0. The van der Waals surface area contributed by atoms with Gasteiger partial charge in [0, 0.05) is 29.3 Å². The minimum atomic E-state index is -0.262. The van der Waals surface area contributed by atoms with Crippen molar-refractivity contribution in [2.24, 2.45) is 0 Å². The summed E-state index contributed by atoms with van der Waals surface area (Å²) in [5.74, 6) is 2.78. The van der Waals surface area contributed by atoms with E-state index in [9.17, 15) is 4.39 Å². The predicted octanol–water partition coefficient (Wildman–Crippen LogP) is 4.57. The molecule has 25 heavy (non-hydrogen) atoms. The standard InChI is InChI=1S/C18H19FN4OS/c1-3-23-17(13-4-5-13)20-21-18(23)25-10-15-11(2)16(24-22-15)12-6-8-14(19)9-7-12/h6-9,13H,3-5,10H2,1-2H3. The molecule has 0 N–H and O–H groups in total. The van der Waals surface area contributed by atoms with Crippen molar-refractivity contribution in [1.82, 2.24) is 19.9 Å². The summed E-state index contributed by atoms with van der Waals surface area (Å²) in [4.78, 5) is 0. The average molecular weight is 358 g/mol. The molecule has 7 heteroatoms. The molecule has 2 aromatic heterocycles. The van der Waals surface area contributed by atoms with E-state index in [1.165, 1.54) is 25.0 Å². The molecule has 1 aromatic carbocycles. The van der Waals surface area contributed by atoms with E-state index in [2.05, 4.69) is 26.8 Å². The first-order valence-corrected chi connectivity index (χ1v) is 9.43. The lowest BCUT2D eigenvalue weighted by atomic mass is 10.1. The van der Waals surface area contributed by atoms with Crippen LogP contribution < -0.4 is 0 Å². The topological polar surface area (TPSA) is 56.7 Å². The fourth-order valence-corrected chi connectivity index (χ4v) is 3.87. The van der Waals surface area contributed by atoms with E-state index < -0.39 is 0 Å². The molecule has 0 unspecified atom stereocenters. The number of rotatable bonds is 6. The Kier molecular flexibility index (Phi) is 4.33. The molecule has 1 saturated carbocycles. The van der Waals surface area contributed by atoms with Gasteiger partial charge in [-0.15, -0.1) is 10.2 Å². The van der Waals surface area contributed by atoms with Gasteiger partial charge in [0.25, 0.3) is 0 Å². The van der Waals surface area contributed by atoms with Crippen LogP contribution in [0.25, 0.3) is 11.3 Å². The summed E-state index contributed by atoms with van der Waals surface area (Å²) in [5, 5.41) is 13.8. The smallest absolute Gasteiger partial charge is 0.191 e. The summed E-state index contributed by atoms with van der Waals surface area (Å²) in [7, 11) is 0. The molecule has 0 saturated heterocycles. The number of hydrogen-bond acceptors (Lipinski definition) is 5. The van der Waals surface area contributed by atoms with Crippen molar-refractivity contribution in [1.29, 1.82) is 0 Å². The average Bonchev–Trinajstić information content (AvgIpc) is 3.28. The van der Waals surface area contributed by atoms with Gasteiger partial charge in [-0.25, -0.2) is 4.39 Å². The summed E-state index contributed by atoms with van der Waals surface area (Å²) < 4.78 is 20.8. The van der Waals surface area contributed by atoms with Crippen LogP contribution in [0.5, 0.6) is 0 Å². The van der Waals surface area contributed by atoms with Crippen LogP contribution in [0.1, 0.15) is 42.8 Å². The van der Waals surface area contributed by atoms with E-state index in [-0.39, 0.29) is 5.82 Å². The minimum Gasteiger partial charge on any atom is -0.356 e. The summed E-state index contributed by atoms with van der Waals surface area (Å²) in [6, 6.07) is 6.26. The molecule has 0 bridgehead atoms. The van der Waals surface area contributed by atoms with E-state index in [0.717, 1.165) is 34.3 Å². The molecule has 0 amide bonds. The van der Waals surface area contributed by atoms with Crippen LogP contribution in [-0.4, -0.2) is 19.9 Å². The molecular weight excluding hydrogens is 339 g/mol. The Morgan fingerprint density at radius 2 is 2.00 bits per heavy atom. The first-order chi connectivity index (χ1) is 12.2. The second-order valence-corrected chi connectivity index (χ2v) is 7.18. The normalized spacial score (nSPS) is 14.2. The third kappa shape index (κ3) is 3.20. The van der Waals surface area contributed by atoms with Crippen LogP contribution in [-0.2, 0) is 12.3 Å². The molecular formula is C18H19FN4OS. The molecule has 0 spiro atoms. The van der Waals surface area contributed by atoms with Crippen molar-refractivity contribution in [3.63, 3.8) is 0 Å². The molecule has 2 heterocycles. The van der Waals surface area contributed by atoms with Crippen LogP contribution in [0.2, 0.25) is 0 Å². The van der Waals surface area contributed by atoms with Crippen LogP contribution in [0.15, 0.2) is 33.9 Å². The molecule has 4 rings (SSSR count). The van der Waals surface area contributed by atoms with Crippen LogP contribution in [0, 0.1) is 12.7 Å². The lowest BCUT2D eigenvalue weighted by Crippen LogP contribution is -2.02. The largest absolute Gasteiger partial charge is 0.356 e. The Bertz CT molecular complexity index is 883. The van der Waals surface area contributed by atoms with Gasteiger partial charge < -0.3 is 9.09 Å². The van der Waals surface area contributed by atoms with Gasteiger partial charge in [-0.2, -0.15) is 0 Å². The van der Waals surface area contributed by atoms with Gasteiger partial charge in [0.1, 0.15) is 11.6 Å². The molecule has 5 nitrogen and oxygen atoms in total. The maximum absolute atomic E-state index is 13.1. The van der Waals surface area contributed by atoms with Gasteiger partial charge >= 0.3 is 0 Å². The fourth-order valence-electron chi connectivity index (χ4n) is 2.85. The Morgan fingerprint density at radius 3 is 2.68 bits per heavy atom. The Hall–Kier alpha value is -2.15. The van der Waals surface area contributed by atoms with Crippen molar-refractivity contribution in [2.75, 3.05) is 0 Å². The zero-order valence-electron chi connectivity index (χ0n) is 14.2. The summed E-state index contributed by atoms with van der Waals surface area (Å²) in [5.41, 5.74) is 2.68. The van der Waals surface area contributed by atoms with E-state index in [4.69, 9.17) is 4.52 Å². The first kappa shape index (κ1) is 16.3. The molecule has 1 fully saturated rings. The zero-order valence-corrected chi connectivity index (χ0v) is 15.0. The van der Waals surface area contributed by atoms with Crippen molar-refractivity contribution in [3.8, 4) is 11.3 Å². The summed E-state index contributed by atoms with van der Waals surface area (Å²) >= 11 is 1.62. The van der Waals surface area contributed by atoms with Crippen LogP contribution >= 0.6 is 11.8 Å². The summed E-state index contributed by atoms with van der Waals surface area (Å²) in [6.45, 7) is 4.97. The van der Waals surface area contributed by atoms with Crippen molar-refractivity contribution >= 4 is 11.8 Å². The molecule has 0 atom stereocenters. The third-order valence-electron chi connectivity index (χ3n) is 4.47. The molecule has 1 aliphatic rings. The monoisotopic (exact) mass is 358 g/mol. The van der Waals surface area contributed by atoms with Crippen molar-refractivity contribution in [3.05, 3.63) is 47.2 Å². The summed E-state index contributed by atoms with van der Waals surface area (Å²) in [6.07, 6.45) is 2.43. The fraction of sp³-hybridized carbons (Fsp3) is 0.389. The van der Waals surface area contributed by atoms with Gasteiger partial charge in [-0.3, -0.25) is 0 Å². The van der Waals surface area contributed by atoms with Crippen molar-refractivity contribution < 1.29 is 8.91 Å². The second-order valence-electron chi connectivity index (χ2n) is 6.24. The van der Waals surface area contributed by atoms with Gasteiger partial charge in [0.2, 0.25) is 0 Å². The van der Waals surface area contributed by atoms with E-state index in [0.29, 0.717) is 17.4 Å². The number of thioether (sulfide) groups is 1. The quantitative estimate of drug-likeness (QED) is 0.604.